The van der Waals surface area contributed by atoms with Gasteiger partial charge in [0.05, 0.1) is 0 Å². The third kappa shape index (κ3) is 5.79. The molecular formula is C25H29ClN4O3. The predicted octanol–water partition coefficient (Wildman–Crippen LogP) is 3.70. The van der Waals surface area contributed by atoms with Crippen LogP contribution in [-0.2, 0) is 28.1 Å². The van der Waals surface area contributed by atoms with Gasteiger partial charge in [0.2, 0.25) is 5.91 Å². The molecule has 0 spiro atoms. The zero-order valence-corrected chi connectivity index (χ0v) is 20.4. The number of hydrogen-bond acceptors (Lipinski definition) is 4. The highest BCUT2D eigenvalue weighted by Gasteiger charge is 2.26. The van der Waals surface area contributed by atoms with E-state index in [0.717, 1.165) is 15.8 Å². The molecule has 1 amide bonds. The average molecular weight is 469 g/mol. The normalized spacial score (nSPS) is 11.5. The Balaban J connectivity index is 1.91. The second-order valence-electron chi connectivity index (χ2n) is 9.11. The van der Waals surface area contributed by atoms with Crippen LogP contribution in [0.2, 0.25) is 5.02 Å². The van der Waals surface area contributed by atoms with Crippen LogP contribution in [-0.4, -0.2) is 45.0 Å². The molecular weight excluding hydrogens is 440 g/mol. The number of benzene rings is 2. The summed E-state index contributed by atoms with van der Waals surface area (Å²) in [6.45, 7) is 5.69. The fraction of sp³-hybridized carbons (Fsp3) is 0.360. The van der Waals surface area contributed by atoms with Gasteiger partial charge in [0, 0.05) is 31.1 Å². The number of ketones is 1. The van der Waals surface area contributed by atoms with Crippen molar-refractivity contribution in [2.24, 2.45) is 0 Å². The van der Waals surface area contributed by atoms with Crippen LogP contribution in [0.4, 0.5) is 0 Å². The highest BCUT2D eigenvalue weighted by molar-refractivity contribution is 6.30. The molecule has 174 valence electrons. The second kappa shape index (κ2) is 9.75. The molecule has 0 N–H and O–H groups in total. The van der Waals surface area contributed by atoms with Crippen molar-refractivity contribution in [3.63, 3.8) is 0 Å². The van der Waals surface area contributed by atoms with Crippen molar-refractivity contribution in [3.05, 3.63) is 75.2 Å². The monoisotopic (exact) mass is 468 g/mol. The maximum absolute atomic E-state index is 13.1. The maximum Gasteiger partial charge on any atom is 0.347 e. The first-order chi connectivity index (χ1) is 15.5. The molecule has 0 aliphatic rings. The lowest BCUT2D eigenvalue weighted by atomic mass is 9.79. The molecule has 0 unspecified atom stereocenters. The fourth-order valence-corrected chi connectivity index (χ4v) is 3.79. The largest absolute Gasteiger partial charge is 0.347 e. The summed E-state index contributed by atoms with van der Waals surface area (Å²) in [5, 5.41) is 4.96. The van der Waals surface area contributed by atoms with Crippen molar-refractivity contribution in [2.45, 2.75) is 45.7 Å². The van der Waals surface area contributed by atoms with E-state index in [-0.39, 0.29) is 31.2 Å². The summed E-state index contributed by atoms with van der Waals surface area (Å²) in [7, 11) is 3.24. The lowest BCUT2D eigenvalue weighted by Crippen LogP contribution is -2.34. The SMILES string of the molecule is Cc1cccc(C(C)(C)CC(=O)Cn2nc(-c3ccc(Cl)cc3)n(CC(=O)N(C)C)c2=O)c1. The van der Waals surface area contributed by atoms with Crippen molar-refractivity contribution in [1.82, 2.24) is 19.2 Å². The molecule has 3 aromatic rings. The summed E-state index contributed by atoms with van der Waals surface area (Å²) in [4.78, 5) is 39.8. The van der Waals surface area contributed by atoms with E-state index >= 15 is 0 Å². The van der Waals surface area contributed by atoms with E-state index in [1.54, 1.807) is 38.4 Å². The number of aromatic nitrogens is 3. The summed E-state index contributed by atoms with van der Waals surface area (Å²) < 4.78 is 2.44. The Morgan fingerprint density at radius 1 is 1.06 bits per heavy atom. The smallest absolute Gasteiger partial charge is 0.347 e. The molecule has 1 aromatic heterocycles. The Hall–Kier alpha value is -3.19. The minimum Gasteiger partial charge on any atom is -0.347 e. The molecule has 1 heterocycles. The molecule has 33 heavy (non-hydrogen) atoms. The van der Waals surface area contributed by atoms with E-state index in [2.05, 4.69) is 11.2 Å². The minimum absolute atomic E-state index is 0.116. The number of aryl methyl sites for hydroxylation is 1. The molecule has 0 saturated heterocycles. The first kappa shape index (κ1) is 24.5. The molecule has 7 nitrogen and oxygen atoms in total. The Morgan fingerprint density at radius 3 is 2.33 bits per heavy atom. The van der Waals surface area contributed by atoms with Crippen LogP contribution in [0.1, 0.15) is 31.4 Å². The predicted molar refractivity (Wildman–Crippen MR) is 129 cm³/mol. The van der Waals surface area contributed by atoms with Crippen molar-refractivity contribution in [3.8, 4) is 11.4 Å². The van der Waals surface area contributed by atoms with E-state index in [9.17, 15) is 14.4 Å². The summed E-state index contributed by atoms with van der Waals surface area (Å²) in [6, 6.07) is 14.9. The summed E-state index contributed by atoms with van der Waals surface area (Å²) in [5.74, 6) is -0.0498. The van der Waals surface area contributed by atoms with Gasteiger partial charge in [0.1, 0.15) is 13.1 Å². The first-order valence-electron chi connectivity index (χ1n) is 10.7. The lowest BCUT2D eigenvalue weighted by molar-refractivity contribution is -0.129. The van der Waals surface area contributed by atoms with Crippen molar-refractivity contribution in [2.75, 3.05) is 14.1 Å². The lowest BCUT2D eigenvalue weighted by Gasteiger charge is -2.24. The quantitative estimate of drug-likeness (QED) is 0.505. The van der Waals surface area contributed by atoms with Crippen molar-refractivity contribution in [1.29, 1.82) is 0 Å². The van der Waals surface area contributed by atoms with Gasteiger partial charge in [0.15, 0.2) is 11.6 Å². The van der Waals surface area contributed by atoms with Gasteiger partial charge in [-0.25, -0.2) is 9.48 Å². The highest BCUT2D eigenvalue weighted by Crippen LogP contribution is 2.28. The summed E-state index contributed by atoms with van der Waals surface area (Å²) in [6.07, 6.45) is 0.253. The van der Waals surface area contributed by atoms with E-state index < -0.39 is 11.1 Å². The molecule has 0 radical (unpaired) electrons. The number of hydrogen-bond donors (Lipinski definition) is 0. The van der Waals surface area contributed by atoms with E-state index in [1.807, 2.05) is 39.0 Å². The van der Waals surface area contributed by atoms with Gasteiger partial charge in [0.25, 0.3) is 0 Å². The fourth-order valence-electron chi connectivity index (χ4n) is 3.66. The van der Waals surface area contributed by atoms with Crippen molar-refractivity contribution < 1.29 is 9.59 Å². The second-order valence-corrected chi connectivity index (χ2v) is 9.55. The molecule has 0 saturated carbocycles. The van der Waals surface area contributed by atoms with Gasteiger partial charge >= 0.3 is 5.69 Å². The van der Waals surface area contributed by atoms with Gasteiger partial charge in [-0.1, -0.05) is 55.3 Å². The van der Waals surface area contributed by atoms with E-state index in [1.165, 1.54) is 9.47 Å². The number of Topliss-reactive ketones (excluding diaryl/α,β-unsaturated/α-hetero) is 1. The van der Waals surface area contributed by atoms with Gasteiger partial charge in [-0.05, 0) is 42.2 Å². The average Bonchev–Trinajstić information content (AvgIpc) is 3.03. The molecule has 0 aliphatic heterocycles. The summed E-state index contributed by atoms with van der Waals surface area (Å²) >= 11 is 5.99. The van der Waals surface area contributed by atoms with Crippen LogP contribution in [0.3, 0.4) is 0 Å². The molecule has 0 bridgehead atoms. The third-order valence-corrected chi connectivity index (χ3v) is 5.83. The first-order valence-corrected chi connectivity index (χ1v) is 11.1. The van der Waals surface area contributed by atoms with Gasteiger partial charge in [-0.3, -0.25) is 14.2 Å². The minimum atomic E-state index is -0.503. The van der Waals surface area contributed by atoms with Crippen LogP contribution >= 0.6 is 11.6 Å². The number of amides is 1. The van der Waals surface area contributed by atoms with Crippen LogP contribution in [0.25, 0.3) is 11.4 Å². The molecule has 2 aromatic carbocycles. The third-order valence-electron chi connectivity index (χ3n) is 5.58. The number of rotatable bonds is 8. The van der Waals surface area contributed by atoms with E-state index in [4.69, 9.17) is 11.6 Å². The van der Waals surface area contributed by atoms with Gasteiger partial charge in [-0.2, -0.15) is 0 Å². The zero-order chi connectivity index (χ0) is 24.3. The Bertz CT molecular complexity index is 1220. The van der Waals surface area contributed by atoms with Crippen molar-refractivity contribution >= 4 is 23.3 Å². The van der Waals surface area contributed by atoms with E-state index in [0.29, 0.717) is 16.4 Å². The number of carbonyl (C=O) groups excluding carboxylic acids is 2. The van der Waals surface area contributed by atoms with Crippen LogP contribution in [0.5, 0.6) is 0 Å². The number of halogens is 1. The topological polar surface area (TPSA) is 77.2 Å². The van der Waals surface area contributed by atoms with Crippen LogP contribution in [0, 0.1) is 6.92 Å². The van der Waals surface area contributed by atoms with Crippen LogP contribution in [0.15, 0.2) is 53.3 Å². The number of carbonyl (C=O) groups is 2. The Labute approximate surface area is 198 Å². The van der Waals surface area contributed by atoms with Gasteiger partial charge in [-0.15, -0.1) is 5.10 Å². The molecule has 3 rings (SSSR count). The number of nitrogens with zero attached hydrogens (tertiary/aromatic N) is 4. The zero-order valence-electron chi connectivity index (χ0n) is 19.6. The summed E-state index contributed by atoms with van der Waals surface area (Å²) in [5.41, 5.74) is 1.93. The molecule has 0 fully saturated rings. The molecule has 0 atom stereocenters. The highest BCUT2D eigenvalue weighted by atomic mass is 35.5. The maximum atomic E-state index is 13.1. The Morgan fingerprint density at radius 2 is 1.73 bits per heavy atom. The van der Waals surface area contributed by atoms with Crippen LogP contribution < -0.4 is 5.69 Å². The molecule has 8 heteroatoms. The van der Waals surface area contributed by atoms with Gasteiger partial charge < -0.3 is 4.90 Å². The number of likely N-dealkylation sites (N-methyl/N-ethyl adjacent to an activating group) is 1. The standard InChI is InChI=1S/C25H29ClN4O3/c1-17-7-6-8-19(13-17)25(2,3)14-21(31)15-30-24(33)29(16-22(32)28(4)5)23(27-30)18-9-11-20(26)12-10-18/h6-13H,14-16H2,1-5H3. The Kier molecular flexibility index (Phi) is 7.22. The molecule has 0 aliphatic carbocycles.